The molecular formula is C23H21N3O5. The van der Waals surface area contributed by atoms with E-state index in [9.17, 15) is 9.59 Å². The van der Waals surface area contributed by atoms with E-state index in [0.29, 0.717) is 33.9 Å². The molecule has 0 bridgehead atoms. The number of nitrogens with one attached hydrogen (secondary N) is 1. The third-order valence-electron chi connectivity index (χ3n) is 4.99. The number of methoxy groups -OCH3 is 2. The molecule has 1 atom stereocenters. The maximum Gasteiger partial charge on any atom is 0.349 e. The van der Waals surface area contributed by atoms with E-state index in [-0.39, 0.29) is 5.56 Å². The summed E-state index contributed by atoms with van der Waals surface area (Å²) in [6.45, 7) is 0. The molecule has 1 N–H and O–H groups in total. The van der Waals surface area contributed by atoms with E-state index in [1.807, 2.05) is 13.1 Å². The zero-order chi connectivity index (χ0) is 22.0. The highest BCUT2D eigenvalue weighted by molar-refractivity contribution is 5.97. The van der Waals surface area contributed by atoms with E-state index in [0.717, 1.165) is 0 Å². The molecule has 2 heterocycles. The minimum atomic E-state index is -0.710. The highest BCUT2D eigenvalue weighted by Gasteiger charge is 2.25. The van der Waals surface area contributed by atoms with Crippen molar-refractivity contribution in [3.63, 3.8) is 0 Å². The number of imidazole rings is 1. The van der Waals surface area contributed by atoms with Crippen LogP contribution in [0.5, 0.6) is 11.5 Å². The number of aromatic nitrogens is 2. The van der Waals surface area contributed by atoms with Crippen LogP contribution in [-0.4, -0.2) is 29.7 Å². The normalized spacial score (nSPS) is 11.8. The predicted molar refractivity (Wildman–Crippen MR) is 115 cm³/mol. The van der Waals surface area contributed by atoms with Gasteiger partial charge in [0, 0.05) is 30.9 Å². The molecule has 158 valence electrons. The Hall–Kier alpha value is -4.07. The van der Waals surface area contributed by atoms with Crippen LogP contribution in [0.25, 0.3) is 11.0 Å². The third kappa shape index (κ3) is 4.00. The molecule has 8 nitrogen and oxygen atoms in total. The van der Waals surface area contributed by atoms with Gasteiger partial charge >= 0.3 is 5.63 Å². The van der Waals surface area contributed by atoms with Gasteiger partial charge in [0.05, 0.1) is 14.2 Å². The quantitative estimate of drug-likeness (QED) is 0.483. The number of ether oxygens (including phenoxy) is 2. The summed E-state index contributed by atoms with van der Waals surface area (Å²) in [6, 6.07) is 13.2. The van der Waals surface area contributed by atoms with Gasteiger partial charge in [-0.3, -0.25) is 4.79 Å². The number of nitrogens with zero attached hydrogens (tertiary/aromatic N) is 2. The van der Waals surface area contributed by atoms with Gasteiger partial charge in [-0.25, -0.2) is 9.78 Å². The van der Waals surface area contributed by atoms with Gasteiger partial charge in [-0.05, 0) is 29.8 Å². The lowest BCUT2D eigenvalue weighted by Gasteiger charge is -2.20. The molecule has 0 radical (unpaired) electrons. The first-order valence-electron chi connectivity index (χ1n) is 9.54. The van der Waals surface area contributed by atoms with E-state index in [2.05, 4.69) is 10.3 Å². The van der Waals surface area contributed by atoms with E-state index in [1.54, 1.807) is 67.6 Å². The van der Waals surface area contributed by atoms with E-state index >= 15 is 0 Å². The topological polar surface area (TPSA) is 95.6 Å². The lowest BCUT2D eigenvalue weighted by atomic mass is 10.0. The van der Waals surface area contributed by atoms with Crippen LogP contribution in [0.3, 0.4) is 0 Å². The smallest absolute Gasteiger partial charge is 0.349 e. The van der Waals surface area contributed by atoms with Crippen molar-refractivity contribution in [1.29, 1.82) is 0 Å². The van der Waals surface area contributed by atoms with Gasteiger partial charge in [0.15, 0.2) is 0 Å². The largest absolute Gasteiger partial charge is 0.497 e. The molecule has 2 aromatic carbocycles. The Morgan fingerprint density at radius 2 is 1.81 bits per heavy atom. The number of hydrogen-bond donors (Lipinski definition) is 1. The van der Waals surface area contributed by atoms with Gasteiger partial charge < -0.3 is 23.8 Å². The minimum absolute atomic E-state index is 0.0900. The Labute approximate surface area is 178 Å². The van der Waals surface area contributed by atoms with Crippen molar-refractivity contribution in [2.45, 2.75) is 6.04 Å². The van der Waals surface area contributed by atoms with Gasteiger partial charge in [0.25, 0.3) is 5.91 Å². The van der Waals surface area contributed by atoms with Crippen molar-refractivity contribution in [3.8, 4) is 11.5 Å². The second-order valence-electron chi connectivity index (χ2n) is 6.93. The maximum atomic E-state index is 13.1. The average Bonchev–Trinajstić information content (AvgIpc) is 3.21. The minimum Gasteiger partial charge on any atom is -0.497 e. The molecule has 8 heteroatoms. The lowest BCUT2D eigenvalue weighted by molar-refractivity contribution is 0.0937. The van der Waals surface area contributed by atoms with Crippen LogP contribution < -0.4 is 20.4 Å². The van der Waals surface area contributed by atoms with Crippen molar-refractivity contribution in [3.05, 3.63) is 88.3 Å². The van der Waals surface area contributed by atoms with Crippen LogP contribution in [0, 0.1) is 0 Å². The Morgan fingerprint density at radius 3 is 2.45 bits per heavy atom. The van der Waals surface area contributed by atoms with Gasteiger partial charge in [-0.15, -0.1) is 0 Å². The molecule has 31 heavy (non-hydrogen) atoms. The standard InChI is InChI=1S/C23H21N3O5/c1-26-9-8-24-21(26)20(15-10-16(29-2)13-17(11-15)30-3)25-22(27)18-12-14-6-4-5-7-19(14)31-23(18)28/h4-13,20H,1-3H3,(H,25,27). The van der Waals surface area contributed by atoms with Gasteiger partial charge in [-0.2, -0.15) is 0 Å². The molecule has 1 unspecified atom stereocenters. The van der Waals surface area contributed by atoms with Gasteiger partial charge in [0.1, 0.15) is 34.5 Å². The number of fused-ring (bicyclic) bond motifs is 1. The Kier molecular flexibility index (Phi) is 5.44. The number of aryl methyl sites for hydroxylation is 1. The molecule has 0 saturated heterocycles. The monoisotopic (exact) mass is 419 g/mol. The molecule has 1 amide bonds. The average molecular weight is 419 g/mol. The van der Waals surface area contributed by atoms with Crippen LogP contribution >= 0.6 is 0 Å². The fourth-order valence-corrected chi connectivity index (χ4v) is 3.38. The second-order valence-corrected chi connectivity index (χ2v) is 6.93. The number of rotatable bonds is 6. The molecule has 4 rings (SSSR count). The van der Waals surface area contributed by atoms with Crippen molar-refractivity contribution in [2.75, 3.05) is 14.2 Å². The highest BCUT2D eigenvalue weighted by Crippen LogP contribution is 2.29. The molecule has 0 saturated carbocycles. The van der Waals surface area contributed by atoms with Crippen LogP contribution in [0.1, 0.15) is 27.8 Å². The molecule has 4 aromatic rings. The molecule has 0 aliphatic heterocycles. The van der Waals surface area contributed by atoms with Crippen molar-refractivity contribution >= 4 is 16.9 Å². The first kappa shape index (κ1) is 20.2. The zero-order valence-electron chi connectivity index (χ0n) is 17.3. The molecule has 0 aliphatic carbocycles. The van der Waals surface area contributed by atoms with Crippen LogP contribution in [0.4, 0.5) is 0 Å². The first-order chi connectivity index (χ1) is 15.0. The molecule has 0 spiro atoms. The third-order valence-corrected chi connectivity index (χ3v) is 4.99. The Balaban J connectivity index is 1.78. The molecule has 0 fully saturated rings. The number of carbonyl (C=O) groups excluding carboxylic acids is 1. The Bertz CT molecular complexity index is 1290. The molecule has 0 aliphatic rings. The van der Waals surface area contributed by atoms with E-state index in [1.165, 1.54) is 6.07 Å². The van der Waals surface area contributed by atoms with Gasteiger partial charge in [-0.1, -0.05) is 18.2 Å². The summed E-state index contributed by atoms with van der Waals surface area (Å²) < 4.78 is 17.8. The van der Waals surface area contributed by atoms with Crippen LogP contribution in [0.15, 0.2) is 70.1 Å². The van der Waals surface area contributed by atoms with Crippen molar-refractivity contribution < 1.29 is 18.7 Å². The number of benzene rings is 2. The lowest BCUT2D eigenvalue weighted by Crippen LogP contribution is -2.33. The summed E-state index contributed by atoms with van der Waals surface area (Å²) in [6.07, 6.45) is 3.41. The van der Waals surface area contributed by atoms with E-state index < -0.39 is 17.6 Å². The number of para-hydroxylation sites is 1. The Morgan fingerprint density at radius 1 is 1.10 bits per heavy atom. The summed E-state index contributed by atoms with van der Waals surface area (Å²) >= 11 is 0. The second kappa shape index (κ2) is 8.35. The van der Waals surface area contributed by atoms with Crippen LogP contribution in [0.2, 0.25) is 0 Å². The first-order valence-corrected chi connectivity index (χ1v) is 9.54. The highest BCUT2D eigenvalue weighted by atomic mass is 16.5. The van der Waals surface area contributed by atoms with Crippen molar-refractivity contribution in [2.24, 2.45) is 7.05 Å². The summed E-state index contributed by atoms with van der Waals surface area (Å²) in [5, 5.41) is 3.56. The summed E-state index contributed by atoms with van der Waals surface area (Å²) in [4.78, 5) is 30.0. The molecule has 2 aromatic heterocycles. The number of amides is 1. The van der Waals surface area contributed by atoms with Crippen LogP contribution in [-0.2, 0) is 7.05 Å². The number of carbonyl (C=O) groups is 1. The SMILES string of the molecule is COc1cc(OC)cc(C(NC(=O)c2cc3ccccc3oc2=O)c2nccn2C)c1. The number of hydrogen-bond acceptors (Lipinski definition) is 6. The zero-order valence-corrected chi connectivity index (χ0v) is 17.3. The maximum absolute atomic E-state index is 13.1. The molecular weight excluding hydrogens is 398 g/mol. The summed E-state index contributed by atoms with van der Waals surface area (Å²) in [7, 11) is 4.92. The summed E-state index contributed by atoms with van der Waals surface area (Å²) in [5.41, 5.74) is 0.303. The predicted octanol–water partition coefficient (Wildman–Crippen LogP) is 3.06. The van der Waals surface area contributed by atoms with Gasteiger partial charge in [0.2, 0.25) is 0 Å². The summed E-state index contributed by atoms with van der Waals surface area (Å²) in [5.74, 6) is 1.13. The fourth-order valence-electron chi connectivity index (χ4n) is 3.38. The fraction of sp³-hybridized carbons (Fsp3) is 0.174. The van der Waals surface area contributed by atoms with E-state index in [4.69, 9.17) is 13.9 Å². The van der Waals surface area contributed by atoms with Crippen molar-refractivity contribution in [1.82, 2.24) is 14.9 Å².